The summed E-state index contributed by atoms with van der Waals surface area (Å²) in [6, 6.07) is 9.78. The molecule has 1 amide bonds. The van der Waals surface area contributed by atoms with Crippen molar-refractivity contribution >= 4 is 38.9 Å². The zero-order valence-electron chi connectivity index (χ0n) is 13.1. The van der Waals surface area contributed by atoms with Gasteiger partial charge in [-0.25, -0.2) is 8.42 Å². The molecule has 0 aliphatic carbocycles. The van der Waals surface area contributed by atoms with Crippen LogP contribution in [-0.4, -0.2) is 35.2 Å². The number of pyridine rings is 1. The lowest BCUT2D eigenvalue weighted by Crippen LogP contribution is -2.25. The minimum Gasteiger partial charge on any atom is -0.345 e. The molecule has 0 saturated heterocycles. The number of sulfonamides is 1. The van der Waals surface area contributed by atoms with Gasteiger partial charge in [0.15, 0.2) is 11.5 Å². The highest BCUT2D eigenvalue weighted by Gasteiger charge is 2.16. The quantitative estimate of drug-likeness (QED) is 0.701. The van der Waals surface area contributed by atoms with E-state index in [9.17, 15) is 13.2 Å². The SMILES string of the molecule is CS(=O)(=O)Nc1ccc(Cl)cc1C(=O)NCc1nnc2ccccn12. The fraction of sp³-hybridized carbons (Fsp3) is 0.133. The monoisotopic (exact) mass is 379 g/mol. The van der Waals surface area contributed by atoms with E-state index in [1.165, 1.54) is 18.2 Å². The molecule has 0 bridgehead atoms. The highest BCUT2D eigenvalue weighted by molar-refractivity contribution is 7.92. The van der Waals surface area contributed by atoms with Crippen LogP contribution in [0.1, 0.15) is 16.2 Å². The molecule has 25 heavy (non-hydrogen) atoms. The molecule has 0 aliphatic rings. The molecular formula is C15H14ClN5O3S. The maximum atomic E-state index is 12.5. The average molecular weight is 380 g/mol. The number of aromatic nitrogens is 3. The van der Waals surface area contributed by atoms with Gasteiger partial charge in [0.05, 0.1) is 24.1 Å². The van der Waals surface area contributed by atoms with Crippen molar-refractivity contribution in [2.75, 3.05) is 11.0 Å². The molecule has 0 fully saturated rings. The maximum Gasteiger partial charge on any atom is 0.253 e. The number of carbonyl (C=O) groups excluding carboxylic acids is 1. The first kappa shape index (κ1) is 17.2. The van der Waals surface area contributed by atoms with Gasteiger partial charge < -0.3 is 5.32 Å². The lowest BCUT2D eigenvalue weighted by Gasteiger charge is -2.11. The summed E-state index contributed by atoms with van der Waals surface area (Å²) in [6.45, 7) is 0.120. The largest absolute Gasteiger partial charge is 0.345 e. The number of hydrogen-bond donors (Lipinski definition) is 2. The number of hydrogen-bond acceptors (Lipinski definition) is 5. The van der Waals surface area contributed by atoms with Gasteiger partial charge in [0, 0.05) is 11.2 Å². The van der Waals surface area contributed by atoms with Crippen LogP contribution in [0.4, 0.5) is 5.69 Å². The van der Waals surface area contributed by atoms with E-state index < -0.39 is 15.9 Å². The highest BCUT2D eigenvalue weighted by Crippen LogP contribution is 2.21. The lowest BCUT2D eigenvalue weighted by atomic mass is 10.1. The summed E-state index contributed by atoms with van der Waals surface area (Å²) in [5.41, 5.74) is 0.927. The van der Waals surface area contributed by atoms with Crippen LogP contribution in [0.2, 0.25) is 5.02 Å². The van der Waals surface area contributed by atoms with Gasteiger partial charge in [-0.2, -0.15) is 0 Å². The first-order valence-corrected chi connectivity index (χ1v) is 9.44. The van der Waals surface area contributed by atoms with Gasteiger partial charge in [-0.3, -0.25) is 13.9 Å². The van der Waals surface area contributed by atoms with E-state index in [1.807, 2.05) is 12.1 Å². The Morgan fingerprint density at radius 1 is 1.24 bits per heavy atom. The van der Waals surface area contributed by atoms with Gasteiger partial charge in [0.2, 0.25) is 10.0 Å². The van der Waals surface area contributed by atoms with E-state index in [0.717, 1.165) is 6.26 Å². The summed E-state index contributed by atoms with van der Waals surface area (Å²) in [4.78, 5) is 12.5. The van der Waals surface area contributed by atoms with Gasteiger partial charge in [-0.05, 0) is 30.3 Å². The molecule has 10 heteroatoms. The zero-order valence-corrected chi connectivity index (χ0v) is 14.7. The molecule has 0 radical (unpaired) electrons. The Hall–Kier alpha value is -2.65. The van der Waals surface area contributed by atoms with Crippen molar-refractivity contribution in [3.63, 3.8) is 0 Å². The van der Waals surface area contributed by atoms with E-state index in [1.54, 1.807) is 16.7 Å². The van der Waals surface area contributed by atoms with Crippen LogP contribution in [0.3, 0.4) is 0 Å². The zero-order chi connectivity index (χ0) is 18.0. The van der Waals surface area contributed by atoms with E-state index in [4.69, 9.17) is 11.6 Å². The van der Waals surface area contributed by atoms with Crippen LogP contribution in [0.5, 0.6) is 0 Å². The average Bonchev–Trinajstić information content (AvgIpc) is 2.96. The number of fused-ring (bicyclic) bond motifs is 1. The number of benzene rings is 1. The predicted octanol–water partition coefficient (Wildman–Crippen LogP) is 1.68. The van der Waals surface area contributed by atoms with Crippen LogP contribution in [0.25, 0.3) is 5.65 Å². The van der Waals surface area contributed by atoms with Crippen molar-refractivity contribution in [3.05, 3.63) is 59.0 Å². The van der Waals surface area contributed by atoms with E-state index >= 15 is 0 Å². The standard InChI is InChI=1S/C15H14ClN5O3S/c1-25(23,24)20-12-6-5-10(16)8-11(12)15(22)17-9-14-19-18-13-4-2-3-7-21(13)14/h2-8,20H,9H2,1H3,(H,17,22). The van der Waals surface area contributed by atoms with Gasteiger partial charge in [-0.15, -0.1) is 10.2 Å². The molecule has 130 valence electrons. The third-order valence-corrected chi connectivity index (χ3v) is 4.14. The summed E-state index contributed by atoms with van der Waals surface area (Å²) in [5.74, 6) is 0.0601. The third-order valence-electron chi connectivity index (χ3n) is 3.31. The van der Waals surface area contributed by atoms with Crippen LogP contribution in [0.15, 0.2) is 42.6 Å². The molecular weight excluding hydrogens is 366 g/mol. The Balaban J connectivity index is 1.82. The van der Waals surface area contributed by atoms with E-state index in [-0.39, 0.29) is 17.8 Å². The van der Waals surface area contributed by atoms with Crippen molar-refractivity contribution in [1.29, 1.82) is 0 Å². The topological polar surface area (TPSA) is 105 Å². The molecule has 3 rings (SSSR count). The van der Waals surface area contributed by atoms with E-state index in [2.05, 4.69) is 20.2 Å². The van der Waals surface area contributed by atoms with Gasteiger partial charge in [-0.1, -0.05) is 17.7 Å². The van der Waals surface area contributed by atoms with Crippen molar-refractivity contribution in [1.82, 2.24) is 19.9 Å². The number of rotatable bonds is 5. The van der Waals surface area contributed by atoms with Crippen LogP contribution in [-0.2, 0) is 16.6 Å². The normalized spacial score (nSPS) is 11.4. The number of anilines is 1. The van der Waals surface area contributed by atoms with Gasteiger partial charge >= 0.3 is 0 Å². The molecule has 2 heterocycles. The fourth-order valence-electron chi connectivity index (χ4n) is 2.26. The highest BCUT2D eigenvalue weighted by atomic mass is 35.5. The second-order valence-electron chi connectivity index (χ2n) is 5.29. The van der Waals surface area contributed by atoms with Crippen LogP contribution < -0.4 is 10.0 Å². The van der Waals surface area contributed by atoms with Crippen molar-refractivity contribution in [3.8, 4) is 0 Å². The van der Waals surface area contributed by atoms with E-state index in [0.29, 0.717) is 16.5 Å². The Morgan fingerprint density at radius 2 is 2.04 bits per heavy atom. The molecule has 2 N–H and O–H groups in total. The van der Waals surface area contributed by atoms with Crippen molar-refractivity contribution < 1.29 is 13.2 Å². The smallest absolute Gasteiger partial charge is 0.253 e. The van der Waals surface area contributed by atoms with Crippen LogP contribution in [0, 0.1) is 0 Å². The maximum absolute atomic E-state index is 12.5. The molecule has 2 aromatic heterocycles. The Kier molecular flexibility index (Phi) is 4.60. The number of halogens is 1. The molecule has 3 aromatic rings. The Bertz CT molecular complexity index is 1050. The van der Waals surface area contributed by atoms with Crippen LogP contribution >= 0.6 is 11.6 Å². The lowest BCUT2D eigenvalue weighted by molar-refractivity contribution is 0.0950. The summed E-state index contributed by atoms with van der Waals surface area (Å²) in [5, 5.41) is 11.0. The predicted molar refractivity (Wildman–Crippen MR) is 94.1 cm³/mol. The molecule has 0 spiro atoms. The second kappa shape index (κ2) is 6.69. The van der Waals surface area contributed by atoms with Gasteiger partial charge in [0.25, 0.3) is 5.91 Å². The Morgan fingerprint density at radius 3 is 2.80 bits per heavy atom. The van der Waals surface area contributed by atoms with Gasteiger partial charge in [0.1, 0.15) is 0 Å². The van der Waals surface area contributed by atoms with Crippen molar-refractivity contribution in [2.45, 2.75) is 6.54 Å². The molecule has 0 aliphatic heterocycles. The summed E-state index contributed by atoms with van der Waals surface area (Å²) in [7, 11) is -3.53. The fourth-order valence-corrected chi connectivity index (χ4v) is 3.01. The molecule has 0 atom stereocenters. The van der Waals surface area contributed by atoms with Crippen molar-refractivity contribution in [2.24, 2.45) is 0 Å². The summed E-state index contributed by atoms with van der Waals surface area (Å²) in [6.07, 6.45) is 2.79. The number of amides is 1. The second-order valence-corrected chi connectivity index (χ2v) is 7.48. The number of nitrogens with one attached hydrogen (secondary N) is 2. The molecule has 0 unspecified atom stereocenters. The number of carbonyl (C=O) groups is 1. The first-order valence-electron chi connectivity index (χ1n) is 7.18. The molecule has 8 nitrogen and oxygen atoms in total. The summed E-state index contributed by atoms with van der Waals surface area (Å²) < 4.78 is 27.0. The molecule has 1 aromatic carbocycles. The molecule has 0 saturated carbocycles. The minimum atomic E-state index is -3.53. The Labute approximate surface area is 148 Å². The summed E-state index contributed by atoms with van der Waals surface area (Å²) >= 11 is 5.93. The third kappa shape index (κ3) is 4.06. The minimum absolute atomic E-state index is 0.117. The number of nitrogens with zero attached hydrogens (tertiary/aromatic N) is 3. The first-order chi connectivity index (χ1) is 11.8.